The van der Waals surface area contributed by atoms with E-state index >= 15 is 0 Å². The Kier molecular flexibility index (Phi) is 14.1. The average molecular weight is 773 g/mol. The van der Waals surface area contributed by atoms with E-state index in [4.69, 9.17) is 42.1 Å². The number of sulfonamides is 1. The lowest BCUT2D eigenvalue weighted by molar-refractivity contribution is -0.140. The number of halogens is 2. The fraction of sp³-hybridized carbons (Fsp3) is 0.316. The molecule has 0 saturated carbocycles. The molecule has 52 heavy (non-hydrogen) atoms. The summed E-state index contributed by atoms with van der Waals surface area (Å²) >= 11 is 13.2. The minimum absolute atomic E-state index is 0.0181. The van der Waals surface area contributed by atoms with E-state index in [0.717, 1.165) is 9.87 Å². The predicted molar refractivity (Wildman–Crippen MR) is 202 cm³/mol. The number of carbonyl (C=O) groups is 2. The van der Waals surface area contributed by atoms with Gasteiger partial charge in [-0.2, -0.15) is 0 Å². The number of anilines is 1. The fourth-order valence-electron chi connectivity index (χ4n) is 5.44. The molecule has 0 aliphatic heterocycles. The van der Waals surface area contributed by atoms with Crippen LogP contribution in [0.25, 0.3) is 0 Å². The highest BCUT2D eigenvalue weighted by Gasteiger charge is 2.36. The Hall–Kier alpha value is -4.65. The Morgan fingerprint density at radius 1 is 0.769 bits per heavy atom. The standard InChI is InChI=1S/C38H43Cl2N3O8S/c1-25(2)22-41-38(45)33(19-26-11-8-7-9-12-26)42(23-29-30(39)13-10-14-31(29)40)37(44)24-43(32-20-27(48-3)15-17-34(32)49-4)52(46,47)28-16-18-35(50-5)36(21-28)51-6/h7-18,20-21,25,33H,19,22-24H2,1-6H3,(H,41,45)/t33-/m1/s1. The van der Waals surface area contributed by atoms with Crippen LogP contribution in [-0.2, 0) is 32.6 Å². The molecule has 0 bridgehead atoms. The molecule has 0 aliphatic rings. The largest absolute Gasteiger partial charge is 0.497 e. The van der Waals surface area contributed by atoms with Crippen LogP contribution in [0.3, 0.4) is 0 Å². The lowest BCUT2D eigenvalue weighted by atomic mass is 10.0. The van der Waals surface area contributed by atoms with Gasteiger partial charge in [-0.15, -0.1) is 0 Å². The third kappa shape index (κ3) is 9.61. The predicted octanol–water partition coefficient (Wildman–Crippen LogP) is 6.64. The van der Waals surface area contributed by atoms with Gasteiger partial charge in [0.1, 0.15) is 24.1 Å². The summed E-state index contributed by atoms with van der Waals surface area (Å²) in [6.07, 6.45) is 0.115. The SMILES string of the molecule is COc1ccc(OC)c(N(CC(=O)N(Cc2c(Cl)cccc2Cl)[C@H](Cc2ccccc2)C(=O)NCC(C)C)S(=O)(=O)c2ccc(OC)c(OC)c2)c1. The van der Waals surface area contributed by atoms with E-state index in [0.29, 0.717) is 23.6 Å². The highest BCUT2D eigenvalue weighted by atomic mass is 35.5. The molecule has 4 aromatic carbocycles. The zero-order chi connectivity index (χ0) is 38.0. The number of methoxy groups -OCH3 is 4. The minimum Gasteiger partial charge on any atom is -0.497 e. The zero-order valence-electron chi connectivity index (χ0n) is 29.9. The number of nitrogens with one attached hydrogen (secondary N) is 1. The van der Waals surface area contributed by atoms with Gasteiger partial charge in [-0.25, -0.2) is 8.42 Å². The number of hydrogen-bond donors (Lipinski definition) is 1. The quantitative estimate of drug-likeness (QED) is 0.127. The molecule has 0 unspecified atom stereocenters. The molecule has 11 nitrogen and oxygen atoms in total. The molecule has 0 heterocycles. The molecule has 1 atom stereocenters. The Balaban J connectivity index is 1.92. The molecule has 2 amide bonds. The van der Waals surface area contributed by atoms with Crippen LogP contribution in [0.1, 0.15) is 25.0 Å². The average Bonchev–Trinajstić information content (AvgIpc) is 3.14. The summed E-state index contributed by atoms with van der Waals surface area (Å²) in [4.78, 5) is 30.1. The Labute approximate surface area is 315 Å². The van der Waals surface area contributed by atoms with Crippen molar-refractivity contribution in [2.75, 3.05) is 45.8 Å². The van der Waals surface area contributed by atoms with Crippen molar-refractivity contribution < 1.29 is 37.0 Å². The van der Waals surface area contributed by atoms with Crippen molar-refractivity contribution in [1.29, 1.82) is 0 Å². The van der Waals surface area contributed by atoms with E-state index in [1.165, 1.54) is 63.7 Å². The first-order valence-electron chi connectivity index (χ1n) is 16.3. The second-order valence-electron chi connectivity index (χ2n) is 12.1. The summed E-state index contributed by atoms with van der Waals surface area (Å²) in [5, 5.41) is 3.51. The molecule has 0 aliphatic carbocycles. The molecular formula is C38H43Cl2N3O8S. The lowest BCUT2D eigenvalue weighted by Crippen LogP contribution is -2.53. The van der Waals surface area contributed by atoms with Crippen molar-refractivity contribution in [3.8, 4) is 23.0 Å². The van der Waals surface area contributed by atoms with Gasteiger partial charge in [-0.3, -0.25) is 13.9 Å². The molecule has 0 fully saturated rings. The van der Waals surface area contributed by atoms with Crippen LogP contribution in [0.15, 0.2) is 89.8 Å². The number of hydrogen-bond acceptors (Lipinski definition) is 8. The minimum atomic E-state index is -4.55. The third-order valence-corrected chi connectivity index (χ3v) is 10.7. The summed E-state index contributed by atoms with van der Waals surface area (Å²) in [6, 6.07) is 21.8. The number of rotatable bonds is 17. The summed E-state index contributed by atoms with van der Waals surface area (Å²) in [6.45, 7) is 3.29. The molecule has 0 aromatic heterocycles. The van der Waals surface area contributed by atoms with Gasteiger partial charge in [-0.1, -0.05) is 73.4 Å². The number of nitrogens with zero attached hydrogens (tertiary/aromatic N) is 2. The van der Waals surface area contributed by atoms with Gasteiger partial charge in [-0.05, 0) is 47.9 Å². The first kappa shape index (κ1) is 40.1. The molecule has 1 N–H and O–H groups in total. The van der Waals surface area contributed by atoms with Gasteiger partial charge in [0.05, 0.1) is 39.0 Å². The second kappa shape index (κ2) is 18.2. The van der Waals surface area contributed by atoms with Crippen LogP contribution in [0.5, 0.6) is 23.0 Å². The first-order valence-corrected chi connectivity index (χ1v) is 18.5. The van der Waals surface area contributed by atoms with Gasteiger partial charge < -0.3 is 29.2 Å². The van der Waals surface area contributed by atoms with Crippen molar-refractivity contribution in [3.63, 3.8) is 0 Å². The van der Waals surface area contributed by atoms with Crippen molar-refractivity contribution in [1.82, 2.24) is 10.2 Å². The first-order chi connectivity index (χ1) is 24.8. The topological polar surface area (TPSA) is 124 Å². The highest BCUT2D eigenvalue weighted by Crippen LogP contribution is 2.38. The van der Waals surface area contributed by atoms with E-state index in [2.05, 4.69) is 5.32 Å². The molecule has 4 rings (SSSR count). The molecule has 278 valence electrons. The monoisotopic (exact) mass is 771 g/mol. The molecule has 0 saturated heterocycles. The van der Waals surface area contributed by atoms with Crippen molar-refractivity contribution in [3.05, 3.63) is 106 Å². The van der Waals surface area contributed by atoms with Crippen LogP contribution < -0.4 is 28.6 Å². The number of amides is 2. The van der Waals surface area contributed by atoms with E-state index in [1.54, 1.807) is 24.3 Å². The maximum Gasteiger partial charge on any atom is 0.265 e. The van der Waals surface area contributed by atoms with Gasteiger partial charge in [0.2, 0.25) is 11.8 Å². The maximum absolute atomic E-state index is 14.9. The van der Waals surface area contributed by atoms with E-state index in [1.807, 2.05) is 44.2 Å². The number of ether oxygens (including phenoxy) is 4. The smallest absolute Gasteiger partial charge is 0.265 e. The van der Waals surface area contributed by atoms with Crippen molar-refractivity contribution >= 4 is 50.7 Å². The van der Waals surface area contributed by atoms with E-state index in [-0.39, 0.29) is 51.0 Å². The molecule has 0 spiro atoms. The van der Waals surface area contributed by atoms with Gasteiger partial charge in [0, 0.05) is 47.3 Å². The zero-order valence-corrected chi connectivity index (χ0v) is 32.2. The molecular weight excluding hydrogens is 729 g/mol. The summed E-state index contributed by atoms with van der Waals surface area (Å²) < 4.78 is 52.1. The molecule has 0 radical (unpaired) electrons. The van der Waals surface area contributed by atoms with Crippen LogP contribution in [0.4, 0.5) is 5.69 Å². The maximum atomic E-state index is 14.9. The number of carbonyl (C=O) groups excluding carboxylic acids is 2. The van der Waals surface area contributed by atoms with E-state index in [9.17, 15) is 18.0 Å². The summed E-state index contributed by atoms with van der Waals surface area (Å²) in [5.74, 6) is -0.104. The molecule has 4 aromatic rings. The lowest BCUT2D eigenvalue weighted by Gasteiger charge is -2.34. The van der Waals surface area contributed by atoms with Crippen molar-refractivity contribution in [2.45, 2.75) is 37.8 Å². The van der Waals surface area contributed by atoms with Crippen LogP contribution >= 0.6 is 23.2 Å². The Morgan fingerprint density at radius 2 is 1.40 bits per heavy atom. The van der Waals surface area contributed by atoms with Gasteiger partial charge in [0.25, 0.3) is 10.0 Å². The highest BCUT2D eigenvalue weighted by molar-refractivity contribution is 7.92. The van der Waals surface area contributed by atoms with Crippen LogP contribution in [0.2, 0.25) is 10.0 Å². The van der Waals surface area contributed by atoms with Crippen LogP contribution in [-0.4, -0.2) is 72.7 Å². The third-order valence-electron chi connectivity index (χ3n) is 8.22. The van der Waals surface area contributed by atoms with E-state index < -0.39 is 34.4 Å². The Bertz CT molecular complexity index is 1940. The summed E-state index contributed by atoms with van der Waals surface area (Å²) in [7, 11) is 1.08. The van der Waals surface area contributed by atoms with Gasteiger partial charge in [0.15, 0.2) is 11.5 Å². The normalized spacial score (nSPS) is 11.8. The number of benzene rings is 4. The molecule has 14 heteroatoms. The fourth-order valence-corrected chi connectivity index (χ4v) is 7.39. The Morgan fingerprint density at radius 3 is 2.00 bits per heavy atom. The van der Waals surface area contributed by atoms with Crippen LogP contribution in [0, 0.1) is 5.92 Å². The van der Waals surface area contributed by atoms with Crippen molar-refractivity contribution in [2.24, 2.45) is 5.92 Å². The second-order valence-corrected chi connectivity index (χ2v) is 14.8. The van der Waals surface area contributed by atoms with Gasteiger partial charge >= 0.3 is 0 Å². The summed E-state index contributed by atoms with van der Waals surface area (Å²) in [5.41, 5.74) is 1.19.